The third kappa shape index (κ3) is 5.45. The van der Waals surface area contributed by atoms with Crippen molar-refractivity contribution in [3.8, 4) is 22.9 Å². The summed E-state index contributed by atoms with van der Waals surface area (Å²) in [6, 6.07) is 13.0. The Morgan fingerprint density at radius 2 is 2.00 bits per heavy atom. The molecule has 0 saturated carbocycles. The molecule has 1 aliphatic heterocycles. The van der Waals surface area contributed by atoms with Crippen molar-refractivity contribution in [2.45, 2.75) is 19.4 Å². The first-order valence-electron chi connectivity index (χ1n) is 11.2. The summed E-state index contributed by atoms with van der Waals surface area (Å²) in [5, 5.41) is 14.8. The van der Waals surface area contributed by atoms with Gasteiger partial charge < -0.3 is 25.6 Å². The van der Waals surface area contributed by atoms with Crippen molar-refractivity contribution in [1.29, 1.82) is 0 Å². The van der Waals surface area contributed by atoms with E-state index in [-0.39, 0.29) is 11.8 Å². The summed E-state index contributed by atoms with van der Waals surface area (Å²) in [6.45, 7) is 7.43. The minimum Gasteiger partial charge on any atom is -0.507 e. The third-order valence-corrected chi connectivity index (χ3v) is 5.65. The van der Waals surface area contributed by atoms with Gasteiger partial charge in [-0.25, -0.2) is 9.97 Å². The van der Waals surface area contributed by atoms with Gasteiger partial charge >= 0.3 is 0 Å². The van der Waals surface area contributed by atoms with E-state index >= 15 is 0 Å². The Morgan fingerprint density at radius 1 is 1.19 bits per heavy atom. The molecule has 1 fully saturated rings. The summed E-state index contributed by atoms with van der Waals surface area (Å²) in [5.41, 5.74) is 7.41. The highest BCUT2D eigenvalue weighted by molar-refractivity contribution is 5.91. The molecule has 2 heterocycles. The topological polar surface area (TPSA) is 106 Å². The highest BCUT2D eigenvalue weighted by Gasteiger charge is 2.15. The number of phenols is 1. The SMILES string of the molecule is CC[C@@H](N)CNc1nc(-c2cc(OCCN3CCOCC3)ccc2O)nc2ccccc12. The molecule has 4 rings (SSSR count). The summed E-state index contributed by atoms with van der Waals surface area (Å²) in [4.78, 5) is 11.7. The average Bonchev–Trinajstić information content (AvgIpc) is 2.83. The second-order valence-corrected chi connectivity index (χ2v) is 7.94. The van der Waals surface area contributed by atoms with Crippen molar-refractivity contribution in [3.63, 3.8) is 0 Å². The first-order valence-corrected chi connectivity index (χ1v) is 11.2. The molecular weight excluding hydrogens is 406 g/mol. The summed E-state index contributed by atoms with van der Waals surface area (Å²) < 4.78 is 11.3. The number of aromatic nitrogens is 2. The van der Waals surface area contributed by atoms with Crippen LogP contribution in [0.4, 0.5) is 5.82 Å². The number of hydrogen-bond acceptors (Lipinski definition) is 8. The normalized spacial score (nSPS) is 15.6. The molecular formula is C24H31N5O3. The van der Waals surface area contributed by atoms with Crippen LogP contribution >= 0.6 is 0 Å². The predicted octanol–water partition coefficient (Wildman–Crippen LogP) is 2.86. The molecule has 3 aromatic rings. The number of benzene rings is 2. The maximum absolute atomic E-state index is 10.5. The lowest BCUT2D eigenvalue weighted by atomic mass is 10.1. The quantitative estimate of drug-likeness (QED) is 0.469. The van der Waals surface area contributed by atoms with Crippen LogP contribution < -0.4 is 15.8 Å². The van der Waals surface area contributed by atoms with Crippen molar-refractivity contribution in [1.82, 2.24) is 14.9 Å². The highest BCUT2D eigenvalue weighted by atomic mass is 16.5. The Labute approximate surface area is 188 Å². The molecule has 8 nitrogen and oxygen atoms in total. The molecule has 1 saturated heterocycles. The molecule has 0 unspecified atom stereocenters. The first kappa shape index (κ1) is 22.3. The molecule has 4 N–H and O–H groups in total. The summed E-state index contributed by atoms with van der Waals surface area (Å²) in [7, 11) is 0. The van der Waals surface area contributed by atoms with Gasteiger partial charge in [0, 0.05) is 37.6 Å². The summed E-state index contributed by atoms with van der Waals surface area (Å²) >= 11 is 0. The second kappa shape index (κ2) is 10.6. The molecule has 0 bridgehead atoms. The van der Waals surface area contributed by atoms with Gasteiger partial charge in [-0.3, -0.25) is 4.90 Å². The van der Waals surface area contributed by atoms with Crippen LogP contribution in [0.2, 0.25) is 0 Å². The number of nitrogens with one attached hydrogen (secondary N) is 1. The van der Waals surface area contributed by atoms with E-state index in [1.165, 1.54) is 0 Å². The second-order valence-electron chi connectivity index (χ2n) is 7.94. The summed E-state index contributed by atoms with van der Waals surface area (Å²) in [5.74, 6) is 1.92. The van der Waals surface area contributed by atoms with Gasteiger partial charge in [0.25, 0.3) is 0 Å². The fourth-order valence-electron chi connectivity index (χ4n) is 3.61. The Kier molecular flexibility index (Phi) is 7.36. The number of nitrogens with two attached hydrogens (primary N) is 1. The van der Waals surface area contributed by atoms with Crippen LogP contribution in [-0.4, -0.2) is 72.0 Å². The summed E-state index contributed by atoms with van der Waals surface area (Å²) in [6.07, 6.45) is 0.869. The van der Waals surface area contributed by atoms with Gasteiger partial charge in [-0.15, -0.1) is 0 Å². The Bertz CT molecular complexity index is 1040. The van der Waals surface area contributed by atoms with Crippen molar-refractivity contribution in [2.75, 3.05) is 51.3 Å². The molecule has 1 aliphatic rings. The van der Waals surface area contributed by atoms with Crippen LogP contribution in [0.25, 0.3) is 22.3 Å². The van der Waals surface area contributed by atoms with Crippen molar-refractivity contribution in [2.24, 2.45) is 5.73 Å². The van der Waals surface area contributed by atoms with E-state index in [1.807, 2.05) is 24.3 Å². The van der Waals surface area contributed by atoms with Gasteiger partial charge in [0.2, 0.25) is 0 Å². The first-order chi connectivity index (χ1) is 15.6. The Balaban J connectivity index is 1.56. The number of hydrogen-bond donors (Lipinski definition) is 3. The molecule has 2 aromatic carbocycles. The van der Waals surface area contributed by atoms with Crippen LogP contribution in [0.5, 0.6) is 11.5 Å². The van der Waals surface area contributed by atoms with Gasteiger partial charge in [-0.05, 0) is 36.8 Å². The van der Waals surface area contributed by atoms with Gasteiger partial charge in [0.05, 0.1) is 24.3 Å². The van der Waals surface area contributed by atoms with E-state index in [0.717, 1.165) is 50.2 Å². The maximum Gasteiger partial charge on any atom is 0.166 e. The van der Waals surface area contributed by atoms with Crippen LogP contribution in [0, 0.1) is 0 Å². The lowest BCUT2D eigenvalue weighted by Gasteiger charge is -2.26. The molecule has 0 aliphatic carbocycles. The molecule has 1 atom stereocenters. The zero-order valence-corrected chi connectivity index (χ0v) is 18.5. The Morgan fingerprint density at radius 3 is 2.81 bits per heavy atom. The fourth-order valence-corrected chi connectivity index (χ4v) is 3.61. The molecule has 8 heteroatoms. The van der Waals surface area contributed by atoms with E-state index < -0.39 is 0 Å². The van der Waals surface area contributed by atoms with Crippen LogP contribution in [0.1, 0.15) is 13.3 Å². The fraction of sp³-hybridized carbons (Fsp3) is 0.417. The largest absolute Gasteiger partial charge is 0.507 e. The highest BCUT2D eigenvalue weighted by Crippen LogP contribution is 2.33. The van der Waals surface area contributed by atoms with Crippen LogP contribution in [-0.2, 0) is 4.74 Å². The molecule has 0 radical (unpaired) electrons. The van der Waals surface area contributed by atoms with Gasteiger partial charge in [-0.2, -0.15) is 0 Å². The van der Waals surface area contributed by atoms with E-state index in [2.05, 4.69) is 22.1 Å². The zero-order chi connectivity index (χ0) is 22.3. The number of anilines is 1. The minimum atomic E-state index is 0.0313. The lowest BCUT2D eigenvalue weighted by Crippen LogP contribution is -2.38. The molecule has 0 spiro atoms. The average molecular weight is 438 g/mol. The van der Waals surface area contributed by atoms with Crippen molar-refractivity contribution < 1.29 is 14.6 Å². The number of ether oxygens (including phenoxy) is 2. The van der Waals surface area contributed by atoms with E-state index in [1.54, 1.807) is 18.2 Å². The minimum absolute atomic E-state index is 0.0313. The third-order valence-electron chi connectivity index (χ3n) is 5.65. The smallest absolute Gasteiger partial charge is 0.166 e. The molecule has 1 aromatic heterocycles. The Hall–Kier alpha value is -2.94. The van der Waals surface area contributed by atoms with E-state index in [0.29, 0.717) is 36.1 Å². The number of morpholine rings is 1. The van der Waals surface area contributed by atoms with E-state index in [4.69, 9.17) is 20.2 Å². The number of para-hydroxylation sites is 1. The van der Waals surface area contributed by atoms with Crippen LogP contribution in [0.3, 0.4) is 0 Å². The molecule has 0 amide bonds. The monoisotopic (exact) mass is 437 g/mol. The number of fused-ring (bicyclic) bond motifs is 1. The number of rotatable bonds is 9. The lowest BCUT2D eigenvalue weighted by molar-refractivity contribution is 0.0322. The van der Waals surface area contributed by atoms with E-state index in [9.17, 15) is 5.11 Å². The molecule has 170 valence electrons. The predicted molar refractivity (Wildman–Crippen MR) is 126 cm³/mol. The van der Waals surface area contributed by atoms with Gasteiger partial charge in [-0.1, -0.05) is 19.1 Å². The van der Waals surface area contributed by atoms with Gasteiger partial charge in [0.15, 0.2) is 5.82 Å². The number of nitrogens with zero attached hydrogens (tertiary/aromatic N) is 3. The molecule has 32 heavy (non-hydrogen) atoms. The maximum atomic E-state index is 10.5. The standard InChI is InChI=1S/C24H31N5O3/c1-2-17(25)16-26-23-19-5-3-4-6-21(19)27-24(28-23)20-15-18(7-8-22(20)30)32-14-11-29-9-12-31-13-10-29/h3-8,15,17,30H,2,9-14,16,25H2,1H3,(H,26,27,28)/t17-/m1/s1. The van der Waals surface area contributed by atoms with Gasteiger partial charge in [0.1, 0.15) is 23.9 Å². The number of phenolic OH excluding ortho intramolecular Hbond substituents is 1. The van der Waals surface area contributed by atoms with Crippen LogP contribution in [0.15, 0.2) is 42.5 Å². The van der Waals surface area contributed by atoms with Crippen molar-refractivity contribution >= 4 is 16.7 Å². The van der Waals surface area contributed by atoms with Crippen molar-refractivity contribution in [3.05, 3.63) is 42.5 Å². The number of aromatic hydroxyl groups is 1. The zero-order valence-electron chi connectivity index (χ0n) is 18.5.